The van der Waals surface area contributed by atoms with Crippen molar-refractivity contribution in [2.75, 3.05) is 6.54 Å². The van der Waals surface area contributed by atoms with Gasteiger partial charge in [-0.1, -0.05) is 26.2 Å². The van der Waals surface area contributed by atoms with Gasteiger partial charge in [-0.25, -0.2) is 5.84 Å². The first kappa shape index (κ1) is 10.7. The minimum atomic E-state index is 0.416. The van der Waals surface area contributed by atoms with E-state index < -0.39 is 0 Å². The van der Waals surface area contributed by atoms with Gasteiger partial charge in [-0.05, 0) is 30.5 Å². The van der Waals surface area contributed by atoms with Crippen molar-refractivity contribution in [1.29, 1.82) is 0 Å². The van der Waals surface area contributed by atoms with Crippen molar-refractivity contribution in [2.24, 2.45) is 11.3 Å². The first-order valence-corrected chi connectivity index (χ1v) is 5.32. The number of nitrogens with one attached hydrogen (secondary N) is 2. The van der Waals surface area contributed by atoms with Gasteiger partial charge in [0.1, 0.15) is 0 Å². The first-order chi connectivity index (χ1) is 6.16. The predicted octanol–water partition coefficient (Wildman–Crippen LogP) is 1.29. The molecule has 1 fully saturated rings. The second-order valence-corrected chi connectivity index (χ2v) is 4.61. The van der Waals surface area contributed by atoms with Gasteiger partial charge >= 0.3 is 0 Å². The van der Waals surface area contributed by atoms with Gasteiger partial charge in [0.2, 0.25) is 0 Å². The Morgan fingerprint density at radius 2 is 2.00 bits per heavy atom. The summed E-state index contributed by atoms with van der Waals surface area (Å²) in [6.45, 7) is 3.26. The van der Waals surface area contributed by atoms with Crippen LogP contribution in [0.3, 0.4) is 0 Å². The van der Waals surface area contributed by atoms with Crippen molar-refractivity contribution < 1.29 is 0 Å². The van der Waals surface area contributed by atoms with E-state index in [9.17, 15) is 0 Å². The summed E-state index contributed by atoms with van der Waals surface area (Å²) in [5, 5.41) is 3.69. The Hall–Kier alpha value is -0.350. The molecular weight excluding hydrogens is 182 g/mol. The molecule has 0 saturated heterocycles. The lowest BCUT2D eigenvalue weighted by molar-refractivity contribution is 0.218. The van der Waals surface area contributed by atoms with Crippen LogP contribution in [0.5, 0.6) is 0 Å². The molecular formula is C9H19N3S. The third-order valence-electron chi connectivity index (χ3n) is 2.87. The Bertz CT molecular complexity index is 176. The maximum atomic E-state index is 5.18. The van der Waals surface area contributed by atoms with E-state index >= 15 is 0 Å². The predicted molar refractivity (Wildman–Crippen MR) is 59.1 cm³/mol. The van der Waals surface area contributed by atoms with Crippen LogP contribution in [0, 0.1) is 5.41 Å². The van der Waals surface area contributed by atoms with Crippen LogP contribution in [0.25, 0.3) is 0 Å². The number of rotatable bonds is 2. The zero-order chi connectivity index (χ0) is 9.73. The topological polar surface area (TPSA) is 50.1 Å². The summed E-state index contributed by atoms with van der Waals surface area (Å²) in [6.07, 6.45) is 6.68. The monoisotopic (exact) mass is 201 g/mol. The quantitative estimate of drug-likeness (QED) is 0.358. The van der Waals surface area contributed by atoms with E-state index in [0.717, 1.165) is 6.54 Å². The summed E-state index contributed by atoms with van der Waals surface area (Å²) < 4.78 is 0. The summed E-state index contributed by atoms with van der Waals surface area (Å²) in [7, 11) is 0. The Morgan fingerprint density at radius 3 is 2.54 bits per heavy atom. The van der Waals surface area contributed by atoms with Gasteiger partial charge in [0.25, 0.3) is 0 Å². The van der Waals surface area contributed by atoms with E-state index in [1.807, 2.05) is 0 Å². The molecule has 0 spiro atoms. The fourth-order valence-electron chi connectivity index (χ4n) is 1.93. The largest absolute Gasteiger partial charge is 0.361 e. The summed E-state index contributed by atoms with van der Waals surface area (Å²) in [4.78, 5) is 0. The van der Waals surface area contributed by atoms with Crippen molar-refractivity contribution >= 4 is 17.3 Å². The Morgan fingerprint density at radius 1 is 1.38 bits per heavy atom. The molecule has 0 amide bonds. The molecule has 4 heteroatoms. The van der Waals surface area contributed by atoms with Gasteiger partial charge in [-0.15, -0.1) is 0 Å². The average Bonchev–Trinajstić information content (AvgIpc) is 2.15. The van der Waals surface area contributed by atoms with Crippen molar-refractivity contribution in [3.63, 3.8) is 0 Å². The lowest BCUT2D eigenvalue weighted by Gasteiger charge is -2.33. The van der Waals surface area contributed by atoms with Crippen LogP contribution in [0.4, 0.5) is 0 Å². The van der Waals surface area contributed by atoms with E-state index in [2.05, 4.69) is 17.7 Å². The van der Waals surface area contributed by atoms with Gasteiger partial charge in [0.05, 0.1) is 0 Å². The minimum Gasteiger partial charge on any atom is -0.361 e. The molecule has 1 rings (SSSR count). The zero-order valence-corrected chi connectivity index (χ0v) is 9.04. The lowest BCUT2D eigenvalue weighted by Crippen LogP contribution is -2.44. The summed E-state index contributed by atoms with van der Waals surface area (Å²) in [5.41, 5.74) is 2.86. The Balaban J connectivity index is 2.28. The molecule has 0 bridgehead atoms. The standard InChI is InChI=1S/C9H19N3S/c1-9(5-3-2-4-6-9)7-11-8(13)12-10/h2-7,10H2,1H3,(H2,11,12,13). The number of hydrazine groups is 1. The van der Waals surface area contributed by atoms with E-state index in [4.69, 9.17) is 18.1 Å². The second-order valence-electron chi connectivity index (χ2n) is 4.20. The molecule has 0 aliphatic heterocycles. The maximum absolute atomic E-state index is 5.18. The first-order valence-electron chi connectivity index (χ1n) is 4.91. The van der Waals surface area contributed by atoms with Crippen molar-refractivity contribution in [1.82, 2.24) is 10.7 Å². The molecule has 0 radical (unpaired) electrons. The fraction of sp³-hybridized carbons (Fsp3) is 0.889. The van der Waals surface area contributed by atoms with E-state index in [0.29, 0.717) is 10.5 Å². The minimum absolute atomic E-state index is 0.416. The number of hydrogen-bond acceptors (Lipinski definition) is 2. The van der Waals surface area contributed by atoms with E-state index in [1.165, 1.54) is 32.1 Å². The molecule has 0 atom stereocenters. The highest BCUT2D eigenvalue weighted by Crippen LogP contribution is 2.34. The average molecular weight is 201 g/mol. The summed E-state index contributed by atoms with van der Waals surface area (Å²) in [6, 6.07) is 0. The van der Waals surface area contributed by atoms with E-state index in [1.54, 1.807) is 0 Å². The molecule has 3 nitrogen and oxygen atoms in total. The van der Waals surface area contributed by atoms with E-state index in [-0.39, 0.29) is 0 Å². The smallest absolute Gasteiger partial charge is 0.180 e. The molecule has 4 N–H and O–H groups in total. The maximum Gasteiger partial charge on any atom is 0.180 e. The Labute approximate surface area is 85.4 Å². The SMILES string of the molecule is CC1(CNC(=S)NN)CCCCC1. The summed E-state index contributed by atoms with van der Waals surface area (Å²) in [5.74, 6) is 5.18. The van der Waals surface area contributed by atoms with Crippen LogP contribution in [-0.2, 0) is 0 Å². The molecule has 0 aromatic rings. The third-order valence-corrected chi connectivity index (χ3v) is 3.13. The van der Waals surface area contributed by atoms with Crippen molar-refractivity contribution in [3.05, 3.63) is 0 Å². The molecule has 1 aliphatic carbocycles. The van der Waals surface area contributed by atoms with Crippen LogP contribution in [0.2, 0.25) is 0 Å². The molecule has 0 aromatic carbocycles. The molecule has 1 aliphatic rings. The van der Waals surface area contributed by atoms with Gasteiger partial charge in [-0.3, -0.25) is 0 Å². The number of nitrogens with two attached hydrogens (primary N) is 1. The van der Waals surface area contributed by atoms with Crippen LogP contribution in [0.1, 0.15) is 39.0 Å². The molecule has 0 heterocycles. The van der Waals surface area contributed by atoms with Gasteiger partial charge in [0, 0.05) is 6.54 Å². The van der Waals surface area contributed by atoms with Crippen molar-refractivity contribution in [2.45, 2.75) is 39.0 Å². The molecule has 0 unspecified atom stereocenters. The van der Waals surface area contributed by atoms with Crippen LogP contribution in [0.15, 0.2) is 0 Å². The lowest BCUT2D eigenvalue weighted by atomic mass is 9.76. The van der Waals surface area contributed by atoms with Crippen LogP contribution in [-0.4, -0.2) is 11.7 Å². The molecule has 76 valence electrons. The number of thiocarbonyl (C=S) groups is 1. The van der Waals surface area contributed by atoms with Gasteiger partial charge in [0.15, 0.2) is 5.11 Å². The number of hydrogen-bond donors (Lipinski definition) is 3. The highest BCUT2D eigenvalue weighted by Gasteiger charge is 2.26. The van der Waals surface area contributed by atoms with Gasteiger partial charge in [-0.2, -0.15) is 0 Å². The zero-order valence-electron chi connectivity index (χ0n) is 8.23. The molecule has 13 heavy (non-hydrogen) atoms. The molecule has 1 saturated carbocycles. The molecule has 0 aromatic heterocycles. The van der Waals surface area contributed by atoms with Crippen molar-refractivity contribution in [3.8, 4) is 0 Å². The highest BCUT2D eigenvalue weighted by molar-refractivity contribution is 7.80. The van der Waals surface area contributed by atoms with Gasteiger partial charge < -0.3 is 10.7 Å². The fourth-order valence-corrected chi connectivity index (χ4v) is 2.00. The van der Waals surface area contributed by atoms with Crippen LogP contribution >= 0.6 is 12.2 Å². The second kappa shape index (κ2) is 4.77. The highest BCUT2D eigenvalue weighted by atomic mass is 32.1. The summed E-state index contributed by atoms with van der Waals surface area (Å²) >= 11 is 4.93. The Kier molecular flexibility index (Phi) is 3.93. The third kappa shape index (κ3) is 3.48. The normalized spacial score (nSPS) is 20.8. The van der Waals surface area contributed by atoms with Crippen LogP contribution < -0.4 is 16.6 Å².